The number of carbonyl (C=O) groups excluding carboxylic acids is 1. The van der Waals surface area contributed by atoms with Crippen molar-refractivity contribution in [3.8, 4) is 5.75 Å². The highest BCUT2D eigenvalue weighted by Gasteiger charge is 2.31. The highest BCUT2D eigenvalue weighted by Crippen LogP contribution is 2.33. The van der Waals surface area contributed by atoms with E-state index in [0.29, 0.717) is 43.3 Å². The first kappa shape index (κ1) is 32.4. The van der Waals surface area contributed by atoms with Crippen LogP contribution in [0.2, 0.25) is 0 Å². The second-order valence-corrected chi connectivity index (χ2v) is 9.99. The maximum absolute atomic E-state index is 13.8. The van der Waals surface area contributed by atoms with Crippen LogP contribution in [0.1, 0.15) is 55.8 Å². The van der Waals surface area contributed by atoms with Crippen LogP contribution in [0.25, 0.3) is 0 Å². The fourth-order valence-corrected chi connectivity index (χ4v) is 4.93. The Morgan fingerprint density at radius 2 is 1.82 bits per heavy atom. The molecule has 1 aromatic carbocycles. The van der Waals surface area contributed by atoms with Crippen molar-refractivity contribution in [3.05, 3.63) is 64.6 Å². The Bertz CT molecular complexity index is 1010. The minimum absolute atomic E-state index is 0.0867. The smallest absolute Gasteiger partial charge is 0.254 e. The molecule has 2 rings (SSSR count). The van der Waals surface area contributed by atoms with Crippen molar-refractivity contribution in [2.75, 3.05) is 60.8 Å². The molecule has 1 saturated heterocycles. The van der Waals surface area contributed by atoms with E-state index in [0.717, 1.165) is 37.2 Å². The van der Waals surface area contributed by atoms with Gasteiger partial charge in [-0.3, -0.25) is 9.69 Å². The molecule has 1 aliphatic heterocycles. The van der Waals surface area contributed by atoms with Crippen LogP contribution in [0.15, 0.2) is 48.0 Å². The minimum atomic E-state index is -0.0867. The van der Waals surface area contributed by atoms with Gasteiger partial charge in [0.05, 0.1) is 33.2 Å². The van der Waals surface area contributed by atoms with Crippen LogP contribution in [0, 0.1) is 13.8 Å². The maximum atomic E-state index is 13.8. The number of methoxy groups -OCH3 is 3. The average molecular weight is 545 g/mol. The van der Waals surface area contributed by atoms with Gasteiger partial charge in [0.1, 0.15) is 11.5 Å². The van der Waals surface area contributed by atoms with Gasteiger partial charge >= 0.3 is 0 Å². The lowest BCUT2D eigenvalue weighted by Gasteiger charge is -2.41. The largest absolute Gasteiger partial charge is 0.501 e. The molecule has 1 unspecified atom stereocenters. The Hall–Kier alpha value is -2.81. The van der Waals surface area contributed by atoms with Gasteiger partial charge in [0.2, 0.25) is 0 Å². The summed E-state index contributed by atoms with van der Waals surface area (Å²) in [5, 5.41) is 9.04. The third-order valence-corrected chi connectivity index (χ3v) is 7.58. The third kappa shape index (κ3) is 9.12. The summed E-state index contributed by atoms with van der Waals surface area (Å²) in [6, 6.07) is 4.54. The van der Waals surface area contributed by atoms with Gasteiger partial charge in [-0.05, 0) is 75.4 Å². The summed E-state index contributed by atoms with van der Waals surface area (Å²) in [5.74, 6) is 1.82. The molecule has 218 valence electrons. The number of likely N-dealkylation sites (tertiary alicyclic amines) is 1. The zero-order chi connectivity index (χ0) is 28.9. The second-order valence-electron chi connectivity index (χ2n) is 9.99. The van der Waals surface area contributed by atoms with Gasteiger partial charge in [0.15, 0.2) is 0 Å². The van der Waals surface area contributed by atoms with E-state index in [2.05, 4.69) is 38.3 Å². The highest BCUT2D eigenvalue weighted by atomic mass is 16.5. The number of carbonyl (C=O) groups is 1. The first-order valence-corrected chi connectivity index (χ1v) is 13.7. The molecule has 8 heteroatoms. The fraction of sp³-hybridized carbons (Fsp3) is 0.581. The topological polar surface area (TPSA) is 80.7 Å². The van der Waals surface area contributed by atoms with E-state index < -0.39 is 0 Å². The molecule has 1 fully saturated rings. The van der Waals surface area contributed by atoms with Crippen molar-refractivity contribution in [3.63, 3.8) is 0 Å². The summed E-state index contributed by atoms with van der Waals surface area (Å²) in [7, 11) is 4.77. The Morgan fingerprint density at radius 3 is 2.41 bits per heavy atom. The van der Waals surface area contributed by atoms with Crippen LogP contribution in [-0.4, -0.2) is 87.6 Å². The van der Waals surface area contributed by atoms with Crippen LogP contribution in [0.4, 0.5) is 0 Å². The van der Waals surface area contributed by atoms with Gasteiger partial charge in [-0.1, -0.05) is 12.6 Å². The molecule has 8 nitrogen and oxygen atoms in total. The van der Waals surface area contributed by atoms with Crippen LogP contribution < -0.4 is 4.74 Å². The van der Waals surface area contributed by atoms with Crippen LogP contribution in [0.5, 0.6) is 5.75 Å². The maximum Gasteiger partial charge on any atom is 0.254 e. The fourth-order valence-electron chi connectivity index (χ4n) is 4.93. The molecule has 1 amide bonds. The number of hydrogen-bond acceptors (Lipinski definition) is 7. The lowest BCUT2D eigenvalue weighted by molar-refractivity contribution is -0.131. The molecular formula is C31H48N2O6. The number of rotatable bonds is 15. The van der Waals surface area contributed by atoms with Crippen molar-refractivity contribution >= 4 is 5.91 Å². The van der Waals surface area contributed by atoms with Crippen molar-refractivity contribution < 1.29 is 28.8 Å². The zero-order valence-corrected chi connectivity index (χ0v) is 24.9. The van der Waals surface area contributed by atoms with Crippen molar-refractivity contribution in [1.82, 2.24) is 9.80 Å². The molecular weight excluding hydrogens is 496 g/mol. The normalized spacial score (nSPS) is 16.1. The van der Waals surface area contributed by atoms with Crippen LogP contribution in [-0.2, 0) is 19.0 Å². The number of piperidine rings is 1. The number of benzene rings is 1. The molecule has 0 aliphatic carbocycles. The molecule has 0 radical (unpaired) electrons. The number of aliphatic hydroxyl groups is 1. The summed E-state index contributed by atoms with van der Waals surface area (Å²) in [5.41, 5.74) is 4.13. The molecule has 1 aromatic rings. The van der Waals surface area contributed by atoms with E-state index in [-0.39, 0.29) is 24.6 Å². The SMILES string of the molecule is C=C(/C=C(\C=C(/C)OC)C(=O)N(CCOC)C1CCN(C(C)c2ccc(OCCCO)c(C)c2C)CC1)OC. The van der Waals surface area contributed by atoms with Gasteiger partial charge in [-0.2, -0.15) is 0 Å². The molecule has 39 heavy (non-hydrogen) atoms. The van der Waals surface area contributed by atoms with Crippen LogP contribution in [0.3, 0.4) is 0 Å². The number of aliphatic hydroxyl groups excluding tert-OH is 1. The summed E-state index contributed by atoms with van der Waals surface area (Å²) < 4.78 is 21.8. The van der Waals surface area contributed by atoms with Gasteiger partial charge < -0.3 is 29.0 Å². The molecule has 1 aliphatic rings. The molecule has 0 bridgehead atoms. The zero-order valence-electron chi connectivity index (χ0n) is 24.9. The van der Waals surface area contributed by atoms with Gasteiger partial charge in [0, 0.05) is 57.4 Å². The van der Waals surface area contributed by atoms with E-state index >= 15 is 0 Å². The summed E-state index contributed by atoms with van der Waals surface area (Å²) in [6.07, 6.45) is 5.74. The lowest BCUT2D eigenvalue weighted by Crippen LogP contribution is -2.49. The predicted molar refractivity (Wildman–Crippen MR) is 155 cm³/mol. The van der Waals surface area contributed by atoms with E-state index in [9.17, 15) is 4.79 Å². The number of nitrogens with zero attached hydrogens (tertiary/aromatic N) is 2. The number of hydrogen-bond donors (Lipinski definition) is 1. The minimum Gasteiger partial charge on any atom is -0.501 e. The molecule has 1 atom stereocenters. The third-order valence-electron chi connectivity index (χ3n) is 7.58. The monoisotopic (exact) mass is 544 g/mol. The molecule has 0 spiro atoms. The molecule has 1 heterocycles. The molecule has 0 saturated carbocycles. The molecule has 0 aromatic heterocycles. The predicted octanol–water partition coefficient (Wildman–Crippen LogP) is 4.70. The Morgan fingerprint density at radius 1 is 1.13 bits per heavy atom. The van der Waals surface area contributed by atoms with E-state index in [1.165, 1.54) is 18.2 Å². The Kier molecular flexibility index (Phi) is 13.6. The van der Waals surface area contributed by atoms with Gasteiger partial charge in [-0.25, -0.2) is 0 Å². The standard InChI is InChI=1S/C31H48N2O6/c1-22(37-7)20-27(21-23(2)38-8)31(35)33(16-19-36-6)28-12-14-32(15-13-28)26(5)29-10-11-30(25(4)24(29)3)39-18-9-17-34/h10-11,20-21,26,28,34H,1,9,12-19H2,2-8H3/b23-21+,27-20+. The summed E-state index contributed by atoms with van der Waals surface area (Å²) in [6.45, 7) is 15.5. The average Bonchev–Trinajstić information content (AvgIpc) is 2.94. The van der Waals surface area contributed by atoms with Gasteiger partial charge in [-0.15, -0.1) is 0 Å². The summed E-state index contributed by atoms with van der Waals surface area (Å²) in [4.78, 5) is 18.2. The van der Waals surface area contributed by atoms with Gasteiger partial charge in [0.25, 0.3) is 5.91 Å². The molecule has 1 N–H and O–H groups in total. The van der Waals surface area contributed by atoms with Crippen molar-refractivity contribution in [2.24, 2.45) is 0 Å². The van der Waals surface area contributed by atoms with E-state index in [1.807, 2.05) is 17.9 Å². The second kappa shape index (κ2) is 16.3. The Balaban J connectivity index is 2.18. The van der Waals surface area contributed by atoms with E-state index in [1.54, 1.807) is 26.4 Å². The quantitative estimate of drug-likeness (QED) is 0.148. The van der Waals surface area contributed by atoms with E-state index in [4.69, 9.17) is 24.1 Å². The van der Waals surface area contributed by atoms with Crippen molar-refractivity contribution in [2.45, 2.75) is 59.0 Å². The Labute approximate surface area is 234 Å². The number of ether oxygens (including phenoxy) is 4. The van der Waals surface area contributed by atoms with Crippen molar-refractivity contribution in [1.29, 1.82) is 0 Å². The number of allylic oxidation sites excluding steroid dienone is 2. The number of amides is 1. The lowest BCUT2D eigenvalue weighted by atomic mass is 9.94. The highest BCUT2D eigenvalue weighted by molar-refractivity contribution is 5.97. The summed E-state index contributed by atoms with van der Waals surface area (Å²) >= 11 is 0. The first-order chi connectivity index (χ1) is 18.7. The first-order valence-electron chi connectivity index (χ1n) is 13.7. The van der Waals surface area contributed by atoms with Crippen LogP contribution >= 0.6 is 0 Å².